The summed E-state index contributed by atoms with van der Waals surface area (Å²) in [5.74, 6) is -0.0372. The molecule has 1 rings (SSSR count). The summed E-state index contributed by atoms with van der Waals surface area (Å²) in [5.41, 5.74) is 4.69. The van der Waals surface area contributed by atoms with Crippen LogP contribution in [0.3, 0.4) is 0 Å². The summed E-state index contributed by atoms with van der Waals surface area (Å²) in [6.07, 6.45) is 5.64. The Morgan fingerprint density at radius 1 is 1.33 bits per heavy atom. The van der Waals surface area contributed by atoms with E-state index in [-0.39, 0.29) is 5.91 Å². The van der Waals surface area contributed by atoms with E-state index in [9.17, 15) is 4.79 Å². The predicted molar refractivity (Wildman–Crippen MR) is 116 cm³/mol. The lowest BCUT2D eigenvalue weighted by molar-refractivity contribution is -0.118. The third kappa shape index (κ3) is 8.03. The fourth-order valence-corrected chi connectivity index (χ4v) is 2.49. The van der Waals surface area contributed by atoms with Crippen molar-refractivity contribution in [3.63, 3.8) is 0 Å². The average Bonchev–Trinajstić information content (AvgIpc) is 2.65. The molecule has 1 N–H and O–H groups in total. The molecule has 0 fully saturated rings. The summed E-state index contributed by atoms with van der Waals surface area (Å²) in [6, 6.07) is 8.30. The van der Waals surface area contributed by atoms with E-state index in [0.29, 0.717) is 13.1 Å². The zero-order valence-corrected chi connectivity index (χ0v) is 17.2. The van der Waals surface area contributed by atoms with Crippen LogP contribution in [-0.4, -0.2) is 42.5 Å². The number of amides is 1. The molecule has 0 unspecified atom stereocenters. The largest absolute Gasteiger partial charge is 0.355 e. The van der Waals surface area contributed by atoms with Crippen LogP contribution in [0.15, 0.2) is 53.1 Å². The number of likely N-dealkylation sites (N-methyl/N-ethyl adjacent to an activating group) is 1. The number of hydrogen-bond donors (Lipinski definition) is 1. The van der Waals surface area contributed by atoms with E-state index >= 15 is 0 Å². The van der Waals surface area contributed by atoms with Crippen molar-refractivity contribution < 1.29 is 4.79 Å². The van der Waals surface area contributed by atoms with Gasteiger partial charge in [-0.3, -0.25) is 9.80 Å². The second kappa shape index (κ2) is 11.8. The van der Waals surface area contributed by atoms with Crippen LogP contribution in [0.4, 0.5) is 0 Å². The van der Waals surface area contributed by atoms with Crippen LogP contribution >= 0.6 is 0 Å². The van der Waals surface area contributed by atoms with Crippen molar-refractivity contribution in [1.82, 2.24) is 10.3 Å². The van der Waals surface area contributed by atoms with E-state index in [1.807, 2.05) is 43.3 Å². The Kier molecular flexibility index (Phi) is 9.80. The highest BCUT2D eigenvalue weighted by atomic mass is 16.1. The lowest BCUT2D eigenvalue weighted by atomic mass is 10.1. The third-order valence-electron chi connectivity index (χ3n) is 3.98. The lowest BCUT2D eigenvalue weighted by Gasteiger charge is -2.16. The standard InChI is InChI=1S/C22H32N4O/c1-7-11-22(21(9-3)25-26(6)15-14-23-18(5)27)24-17(4)20-13-10-12-19(8-2)16-20/h7,10-13,16H,4,8-9,14-15H2,1-3,5-6H3,(H,23,27)/b11-7-,24-22?,25-21+. The van der Waals surface area contributed by atoms with Gasteiger partial charge in [0.2, 0.25) is 5.91 Å². The maximum atomic E-state index is 11.0. The van der Waals surface area contributed by atoms with Crippen molar-refractivity contribution in [2.24, 2.45) is 10.1 Å². The normalized spacial score (nSPS) is 12.3. The van der Waals surface area contributed by atoms with E-state index < -0.39 is 0 Å². The number of nitrogens with zero attached hydrogens (tertiary/aromatic N) is 3. The number of rotatable bonds is 10. The maximum Gasteiger partial charge on any atom is 0.216 e. The second-order valence-electron chi connectivity index (χ2n) is 6.26. The van der Waals surface area contributed by atoms with Gasteiger partial charge in [0.05, 0.1) is 23.7 Å². The van der Waals surface area contributed by atoms with Crippen LogP contribution < -0.4 is 5.32 Å². The number of benzene rings is 1. The van der Waals surface area contributed by atoms with Gasteiger partial charge in [-0.15, -0.1) is 0 Å². The van der Waals surface area contributed by atoms with Crippen LogP contribution in [-0.2, 0) is 11.2 Å². The number of carbonyl (C=O) groups excluding carboxylic acids is 1. The summed E-state index contributed by atoms with van der Waals surface area (Å²) in [6.45, 7) is 13.0. The summed E-state index contributed by atoms with van der Waals surface area (Å²) in [7, 11) is 1.89. The van der Waals surface area contributed by atoms with E-state index in [1.54, 1.807) is 0 Å². The smallest absolute Gasteiger partial charge is 0.216 e. The molecule has 1 amide bonds. The molecule has 5 nitrogen and oxygen atoms in total. The Hall–Kier alpha value is -2.69. The van der Waals surface area contributed by atoms with Gasteiger partial charge < -0.3 is 5.32 Å². The van der Waals surface area contributed by atoms with Crippen molar-refractivity contribution in [1.29, 1.82) is 0 Å². The van der Waals surface area contributed by atoms with Crippen LogP contribution in [0.25, 0.3) is 5.70 Å². The Balaban J connectivity index is 3.04. The second-order valence-corrected chi connectivity index (χ2v) is 6.26. The molecule has 0 aliphatic rings. The number of carbonyl (C=O) groups is 1. The van der Waals surface area contributed by atoms with Gasteiger partial charge in [0.25, 0.3) is 0 Å². The fourth-order valence-electron chi connectivity index (χ4n) is 2.49. The summed E-state index contributed by atoms with van der Waals surface area (Å²) in [5, 5.41) is 9.27. The molecule has 0 aromatic heterocycles. The third-order valence-corrected chi connectivity index (χ3v) is 3.98. The first-order valence-corrected chi connectivity index (χ1v) is 9.44. The lowest BCUT2D eigenvalue weighted by Crippen LogP contribution is -2.30. The van der Waals surface area contributed by atoms with Crippen molar-refractivity contribution in [3.8, 4) is 0 Å². The van der Waals surface area contributed by atoms with Crippen molar-refractivity contribution in [3.05, 3.63) is 54.1 Å². The molecule has 1 aromatic carbocycles. The van der Waals surface area contributed by atoms with Gasteiger partial charge in [0.15, 0.2) is 0 Å². The fraction of sp³-hybridized carbons (Fsp3) is 0.409. The zero-order chi connectivity index (χ0) is 20.2. The SMILES string of the molecule is C=C(N=C(/C=C\C)/C(CC)=N/N(C)CCNC(C)=O)c1cccc(CC)c1. The molecule has 0 aliphatic carbocycles. The van der Waals surface area contributed by atoms with Gasteiger partial charge in [-0.2, -0.15) is 5.10 Å². The topological polar surface area (TPSA) is 57.1 Å². The van der Waals surface area contributed by atoms with Gasteiger partial charge in [0.1, 0.15) is 0 Å². The summed E-state index contributed by atoms with van der Waals surface area (Å²) < 4.78 is 0. The summed E-state index contributed by atoms with van der Waals surface area (Å²) >= 11 is 0. The number of aryl methyl sites for hydroxylation is 1. The molecule has 0 bridgehead atoms. The number of hydrogen-bond acceptors (Lipinski definition) is 4. The first-order chi connectivity index (χ1) is 12.9. The number of aliphatic imine (C=N–C) groups is 1. The summed E-state index contributed by atoms with van der Waals surface area (Å²) in [4.78, 5) is 15.7. The molecule has 0 saturated carbocycles. The van der Waals surface area contributed by atoms with Gasteiger partial charge in [0, 0.05) is 20.5 Å². The first-order valence-electron chi connectivity index (χ1n) is 9.44. The predicted octanol–water partition coefficient (Wildman–Crippen LogP) is 4.07. The molecule has 0 aliphatic heterocycles. The highest BCUT2D eigenvalue weighted by Gasteiger charge is 2.08. The van der Waals surface area contributed by atoms with E-state index in [4.69, 9.17) is 4.99 Å². The minimum atomic E-state index is -0.0372. The molecular weight excluding hydrogens is 336 g/mol. The molecular formula is C22H32N4O. The molecule has 0 atom stereocenters. The maximum absolute atomic E-state index is 11.0. The average molecular weight is 369 g/mol. The zero-order valence-electron chi connectivity index (χ0n) is 17.2. The molecule has 0 radical (unpaired) electrons. The monoisotopic (exact) mass is 368 g/mol. The number of hydrazone groups is 1. The van der Waals surface area contributed by atoms with Crippen LogP contribution in [0.1, 0.15) is 45.2 Å². The molecule has 146 valence electrons. The van der Waals surface area contributed by atoms with Crippen LogP contribution in [0.2, 0.25) is 0 Å². The highest BCUT2D eigenvalue weighted by Crippen LogP contribution is 2.17. The molecule has 1 aromatic rings. The van der Waals surface area contributed by atoms with Gasteiger partial charge in [-0.1, -0.05) is 44.7 Å². The van der Waals surface area contributed by atoms with Crippen molar-refractivity contribution in [2.45, 2.75) is 40.5 Å². The first kappa shape index (κ1) is 22.4. The minimum absolute atomic E-state index is 0.0372. The Morgan fingerprint density at radius 2 is 2.07 bits per heavy atom. The molecule has 27 heavy (non-hydrogen) atoms. The van der Waals surface area contributed by atoms with Gasteiger partial charge in [-0.05, 0) is 43.0 Å². The van der Waals surface area contributed by atoms with Crippen LogP contribution in [0, 0.1) is 0 Å². The highest BCUT2D eigenvalue weighted by molar-refractivity contribution is 6.47. The van der Waals surface area contributed by atoms with E-state index in [2.05, 4.69) is 43.0 Å². The Bertz CT molecular complexity index is 732. The molecule has 5 heteroatoms. The molecule has 0 heterocycles. The quantitative estimate of drug-likeness (QED) is 0.500. The van der Waals surface area contributed by atoms with Crippen LogP contribution in [0.5, 0.6) is 0 Å². The number of nitrogens with one attached hydrogen (secondary N) is 1. The van der Waals surface area contributed by atoms with Gasteiger partial charge >= 0.3 is 0 Å². The van der Waals surface area contributed by atoms with E-state index in [0.717, 1.165) is 35.5 Å². The molecule has 0 saturated heterocycles. The minimum Gasteiger partial charge on any atom is -0.355 e. The number of allylic oxidation sites excluding steroid dienone is 2. The van der Waals surface area contributed by atoms with E-state index in [1.165, 1.54) is 12.5 Å². The Morgan fingerprint density at radius 3 is 2.67 bits per heavy atom. The Labute approximate surface area is 163 Å². The van der Waals surface area contributed by atoms with Crippen molar-refractivity contribution in [2.75, 3.05) is 20.1 Å². The van der Waals surface area contributed by atoms with Crippen molar-refractivity contribution >= 4 is 23.0 Å². The molecule has 0 spiro atoms. The van der Waals surface area contributed by atoms with Gasteiger partial charge in [-0.25, -0.2) is 4.99 Å².